The fourth-order valence-electron chi connectivity index (χ4n) is 6.87. The second-order valence-electron chi connectivity index (χ2n) is 12.2. The van der Waals surface area contributed by atoms with Crippen LogP contribution in [0.25, 0.3) is 34.7 Å². The van der Waals surface area contributed by atoms with Crippen molar-refractivity contribution in [3.63, 3.8) is 0 Å². The van der Waals surface area contributed by atoms with Gasteiger partial charge in [-0.05, 0) is 106 Å². The van der Waals surface area contributed by atoms with Gasteiger partial charge in [-0.1, -0.05) is 121 Å². The average molecular weight is 495 g/mol. The van der Waals surface area contributed by atoms with E-state index in [1.165, 1.54) is 119 Å². The van der Waals surface area contributed by atoms with Crippen molar-refractivity contribution in [2.24, 2.45) is 17.8 Å². The third-order valence-corrected chi connectivity index (χ3v) is 9.32. The first-order valence-corrected chi connectivity index (χ1v) is 15.2. The molecular weight excluding hydrogens is 444 g/mol. The molecule has 0 spiro atoms. The lowest BCUT2D eigenvalue weighted by molar-refractivity contribution is 0.241. The van der Waals surface area contributed by atoms with Gasteiger partial charge >= 0.3 is 0 Å². The van der Waals surface area contributed by atoms with E-state index in [0.29, 0.717) is 5.92 Å². The minimum atomic E-state index is 0.658. The zero-order valence-electron chi connectivity index (χ0n) is 24.0. The molecule has 1 fully saturated rings. The summed E-state index contributed by atoms with van der Waals surface area (Å²) in [5.74, 6) is 2.35. The normalized spacial score (nSPS) is 18.2. The van der Waals surface area contributed by atoms with Crippen LogP contribution in [0, 0.1) is 17.8 Å². The molecule has 0 heteroatoms. The van der Waals surface area contributed by atoms with Crippen molar-refractivity contribution in [3.05, 3.63) is 70.1 Å². The Hall–Kier alpha value is -2.34. The van der Waals surface area contributed by atoms with Gasteiger partial charge in [-0.3, -0.25) is 0 Å². The fraction of sp³-hybridized carbons (Fsp3) is 0.514. The van der Waals surface area contributed by atoms with Crippen molar-refractivity contribution >= 4 is 34.7 Å². The third-order valence-electron chi connectivity index (χ3n) is 9.32. The number of rotatable bonds is 12. The number of unbranched alkanes of at least 4 members (excludes halogenated alkanes) is 6. The third kappa shape index (κ3) is 6.39. The Morgan fingerprint density at radius 1 is 0.757 bits per heavy atom. The van der Waals surface area contributed by atoms with Crippen LogP contribution in [-0.4, -0.2) is 0 Å². The van der Waals surface area contributed by atoms with Gasteiger partial charge in [-0.2, -0.15) is 0 Å². The van der Waals surface area contributed by atoms with Gasteiger partial charge in [0.1, 0.15) is 0 Å². The first-order valence-electron chi connectivity index (χ1n) is 15.2. The molecule has 0 heterocycles. The number of aryl methyl sites for hydroxylation is 1. The molecule has 4 rings (SSSR count). The smallest absolute Gasteiger partial charge is 0.00606 e. The van der Waals surface area contributed by atoms with E-state index in [1.807, 2.05) is 0 Å². The predicted molar refractivity (Wildman–Crippen MR) is 167 cm³/mol. The van der Waals surface area contributed by atoms with E-state index in [9.17, 15) is 0 Å². The molecule has 1 aliphatic carbocycles. The molecule has 0 bridgehead atoms. The molecule has 0 amide bonds. The zero-order valence-corrected chi connectivity index (χ0v) is 24.0. The van der Waals surface area contributed by atoms with Gasteiger partial charge in [-0.15, -0.1) is 0 Å². The lowest BCUT2D eigenvalue weighted by Gasteiger charge is -2.32. The number of allylic oxidation sites excluding steroid dienone is 1. The molecule has 0 radical (unpaired) electrons. The largest absolute Gasteiger partial charge is 0.0992 e. The van der Waals surface area contributed by atoms with E-state index in [2.05, 4.69) is 76.9 Å². The summed E-state index contributed by atoms with van der Waals surface area (Å²) in [7, 11) is 0. The van der Waals surface area contributed by atoms with E-state index in [4.69, 9.17) is 0 Å². The van der Waals surface area contributed by atoms with Crippen LogP contribution in [0.1, 0.15) is 103 Å². The monoisotopic (exact) mass is 494 g/mol. The van der Waals surface area contributed by atoms with Crippen LogP contribution in [0.4, 0.5) is 0 Å². The summed E-state index contributed by atoms with van der Waals surface area (Å²) in [6, 6.07) is 13.5. The van der Waals surface area contributed by atoms with Crippen molar-refractivity contribution in [3.8, 4) is 0 Å². The SMILES string of the molecule is C=C(Cc1ccc(CCCCCCCCC)c2c(=C)c3ccccc3c(=C)c12)C1CCC(C(C)C)CC1. The summed E-state index contributed by atoms with van der Waals surface area (Å²) >= 11 is 0. The molecule has 0 nitrogen and oxygen atoms in total. The maximum atomic E-state index is 4.65. The molecular formula is C37H50. The minimum absolute atomic E-state index is 0.658. The maximum Gasteiger partial charge on any atom is -0.00606 e. The number of hydrogen-bond acceptors (Lipinski definition) is 0. The summed E-state index contributed by atoms with van der Waals surface area (Å²) in [4.78, 5) is 0. The highest BCUT2D eigenvalue weighted by molar-refractivity contribution is 6.02. The Morgan fingerprint density at radius 2 is 1.30 bits per heavy atom. The van der Waals surface area contributed by atoms with Gasteiger partial charge < -0.3 is 0 Å². The standard InChI is InChI=1S/C37H50/c1-7-8-9-10-11-12-13-16-32-23-24-33(25-27(4)31-21-19-30(20-22-31)26(2)3)37-29(6)35-18-15-14-17-34(35)28(5)36(32)37/h14-15,17-18,23-24,26,30-31H,4-13,16,19-22,25H2,1-3H3. The Kier molecular flexibility index (Phi) is 9.69. The summed E-state index contributed by atoms with van der Waals surface area (Å²) in [5.41, 5.74) is 4.27. The van der Waals surface area contributed by atoms with Gasteiger partial charge in [0.15, 0.2) is 0 Å². The topological polar surface area (TPSA) is 0 Å². The molecule has 0 aromatic heterocycles. The summed E-state index contributed by atoms with van der Waals surface area (Å²) in [5, 5.41) is 7.57. The molecule has 0 aliphatic heterocycles. The minimum Gasteiger partial charge on any atom is -0.0992 e. The van der Waals surface area contributed by atoms with Crippen molar-refractivity contribution in [2.45, 2.75) is 104 Å². The lowest BCUT2D eigenvalue weighted by atomic mass is 9.73. The molecule has 37 heavy (non-hydrogen) atoms. The van der Waals surface area contributed by atoms with Crippen LogP contribution in [0.15, 0.2) is 48.6 Å². The van der Waals surface area contributed by atoms with E-state index in [0.717, 1.165) is 24.7 Å². The van der Waals surface area contributed by atoms with Gasteiger partial charge in [0.2, 0.25) is 0 Å². The van der Waals surface area contributed by atoms with Gasteiger partial charge in [0, 0.05) is 0 Å². The van der Waals surface area contributed by atoms with Gasteiger partial charge in [-0.25, -0.2) is 0 Å². The van der Waals surface area contributed by atoms with Crippen molar-refractivity contribution in [2.75, 3.05) is 0 Å². The summed E-state index contributed by atoms with van der Waals surface area (Å²) in [6.45, 7) is 21.0. The fourth-order valence-corrected chi connectivity index (χ4v) is 6.87. The Balaban J connectivity index is 1.62. The highest BCUT2D eigenvalue weighted by atomic mass is 14.3. The van der Waals surface area contributed by atoms with Crippen LogP contribution in [0.2, 0.25) is 0 Å². The van der Waals surface area contributed by atoms with E-state index < -0.39 is 0 Å². The van der Waals surface area contributed by atoms with Crippen molar-refractivity contribution < 1.29 is 0 Å². The Bertz CT molecular complexity index is 1300. The maximum absolute atomic E-state index is 4.65. The molecule has 0 N–H and O–H groups in total. The quantitative estimate of drug-likeness (QED) is 0.133. The van der Waals surface area contributed by atoms with Gasteiger partial charge in [0.25, 0.3) is 0 Å². The van der Waals surface area contributed by atoms with Crippen molar-refractivity contribution in [1.29, 1.82) is 0 Å². The van der Waals surface area contributed by atoms with E-state index in [-0.39, 0.29) is 0 Å². The second kappa shape index (κ2) is 12.9. The molecule has 1 saturated carbocycles. The number of benzene rings is 3. The molecule has 198 valence electrons. The number of fused-ring (bicyclic) bond motifs is 2. The summed E-state index contributed by atoms with van der Waals surface area (Å²) in [6.07, 6.45) is 16.8. The Morgan fingerprint density at radius 3 is 1.89 bits per heavy atom. The molecule has 0 unspecified atom stereocenters. The first kappa shape index (κ1) is 27.7. The highest BCUT2D eigenvalue weighted by Gasteiger charge is 2.25. The molecule has 0 saturated heterocycles. The molecule has 3 aromatic carbocycles. The lowest BCUT2D eigenvalue weighted by Crippen LogP contribution is -2.21. The highest BCUT2D eigenvalue weighted by Crippen LogP contribution is 2.37. The Labute approximate surface area is 226 Å². The van der Waals surface area contributed by atoms with Gasteiger partial charge in [0.05, 0.1) is 0 Å². The van der Waals surface area contributed by atoms with Crippen LogP contribution in [0.3, 0.4) is 0 Å². The van der Waals surface area contributed by atoms with Crippen molar-refractivity contribution in [1.82, 2.24) is 0 Å². The zero-order chi connectivity index (χ0) is 26.4. The van der Waals surface area contributed by atoms with Crippen LogP contribution in [-0.2, 0) is 12.8 Å². The average Bonchev–Trinajstić information content (AvgIpc) is 2.91. The van der Waals surface area contributed by atoms with E-state index in [1.54, 1.807) is 0 Å². The molecule has 1 aliphatic rings. The molecule has 0 atom stereocenters. The number of hydrogen-bond donors (Lipinski definition) is 0. The second-order valence-corrected chi connectivity index (χ2v) is 12.2. The van der Waals surface area contributed by atoms with E-state index >= 15 is 0 Å². The first-order chi connectivity index (χ1) is 17.9. The predicted octanol–water partition coefficient (Wildman–Crippen LogP) is 9.67. The van der Waals surface area contributed by atoms with Crippen LogP contribution < -0.4 is 10.4 Å². The van der Waals surface area contributed by atoms with Crippen LogP contribution in [0.5, 0.6) is 0 Å². The van der Waals surface area contributed by atoms with Crippen LogP contribution >= 0.6 is 0 Å². The summed E-state index contributed by atoms with van der Waals surface area (Å²) < 4.78 is 0. The molecule has 3 aromatic rings.